The molecule has 0 aliphatic carbocycles. The predicted octanol–water partition coefficient (Wildman–Crippen LogP) is 4.76. The Morgan fingerprint density at radius 3 is 2.29 bits per heavy atom. The highest BCUT2D eigenvalue weighted by Crippen LogP contribution is 2.43. The van der Waals surface area contributed by atoms with Crippen LogP contribution in [0, 0.1) is 0 Å². The Morgan fingerprint density at radius 2 is 1.71 bits per heavy atom. The fourth-order valence-electron chi connectivity index (χ4n) is 2.17. The van der Waals surface area contributed by atoms with E-state index in [1.165, 1.54) is 0 Å². The maximum absolute atomic E-state index is 12.9. The molecule has 6 heteroatoms. The fourth-order valence-corrected chi connectivity index (χ4v) is 3.00. The third-order valence-electron chi connectivity index (χ3n) is 3.35. The summed E-state index contributed by atoms with van der Waals surface area (Å²) in [6.45, 7) is 3.53. The molecule has 0 radical (unpaired) electrons. The van der Waals surface area contributed by atoms with E-state index in [1.54, 1.807) is 56.3 Å². The van der Waals surface area contributed by atoms with E-state index < -0.39 is 16.4 Å². The molecule has 0 aromatic heterocycles. The van der Waals surface area contributed by atoms with Crippen molar-refractivity contribution in [2.75, 3.05) is 6.61 Å². The molecule has 24 heavy (non-hydrogen) atoms. The van der Waals surface area contributed by atoms with Crippen LogP contribution in [0.3, 0.4) is 0 Å². The molecule has 0 bridgehead atoms. The Morgan fingerprint density at radius 1 is 1.08 bits per heavy atom. The van der Waals surface area contributed by atoms with Crippen molar-refractivity contribution in [3.63, 3.8) is 0 Å². The number of carbonyl (C=O) groups is 1. The summed E-state index contributed by atoms with van der Waals surface area (Å²) < 4.78 is 5.38. The zero-order chi connectivity index (χ0) is 18.0. The van der Waals surface area contributed by atoms with Crippen molar-refractivity contribution in [1.29, 1.82) is 0 Å². The Bertz CT molecular complexity index is 729. The van der Waals surface area contributed by atoms with Crippen molar-refractivity contribution in [2.24, 2.45) is 5.73 Å². The molecule has 128 valence electrons. The van der Waals surface area contributed by atoms with Gasteiger partial charge in [-0.25, -0.2) is 4.79 Å². The van der Waals surface area contributed by atoms with Crippen LogP contribution < -0.4 is 5.73 Å². The van der Waals surface area contributed by atoms with E-state index >= 15 is 0 Å². The molecule has 1 atom stereocenters. The molecule has 0 saturated heterocycles. The van der Waals surface area contributed by atoms with Crippen LogP contribution in [0.2, 0.25) is 10.0 Å². The van der Waals surface area contributed by atoms with Gasteiger partial charge in [-0.3, -0.25) is 0 Å². The second-order valence-electron chi connectivity index (χ2n) is 6.19. The topological polar surface area (TPSA) is 52.3 Å². The summed E-state index contributed by atoms with van der Waals surface area (Å²) >= 11 is 19.2. The van der Waals surface area contributed by atoms with Crippen LogP contribution in [0.15, 0.2) is 48.5 Å². The van der Waals surface area contributed by atoms with E-state index in [2.05, 4.69) is 0 Å². The summed E-state index contributed by atoms with van der Waals surface area (Å²) in [5, 5.41) is 0.518. The zero-order valence-electron chi connectivity index (χ0n) is 13.4. The highest BCUT2D eigenvalue weighted by Gasteiger charge is 2.44. The Labute approximate surface area is 156 Å². The molecule has 1 unspecified atom stereocenters. The van der Waals surface area contributed by atoms with Crippen molar-refractivity contribution >= 4 is 40.8 Å². The monoisotopic (exact) mass is 385 g/mol. The molecular weight excluding hydrogens is 369 g/mol. The molecule has 0 saturated carbocycles. The summed E-state index contributed by atoms with van der Waals surface area (Å²) in [6.07, 6.45) is 0. The molecule has 2 aromatic rings. The van der Waals surface area contributed by atoms with Gasteiger partial charge in [0.2, 0.25) is 0 Å². The number of ether oxygens (including phenoxy) is 1. The van der Waals surface area contributed by atoms with Crippen LogP contribution in [0.25, 0.3) is 0 Å². The lowest BCUT2D eigenvalue weighted by Crippen LogP contribution is -2.42. The number of benzene rings is 2. The molecule has 0 heterocycles. The quantitative estimate of drug-likeness (QED) is 0.595. The van der Waals surface area contributed by atoms with Gasteiger partial charge in [0.1, 0.15) is 6.61 Å². The lowest BCUT2D eigenvalue weighted by Gasteiger charge is -2.29. The largest absolute Gasteiger partial charge is 0.462 e. The van der Waals surface area contributed by atoms with Gasteiger partial charge < -0.3 is 10.5 Å². The molecule has 0 amide bonds. The number of esters is 1. The van der Waals surface area contributed by atoms with Gasteiger partial charge in [0.15, 0.2) is 4.87 Å². The molecule has 2 N–H and O–H groups in total. The minimum absolute atomic E-state index is 0.0192. The Hall–Kier alpha value is -1.26. The van der Waals surface area contributed by atoms with Gasteiger partial charge in [-0.05, 0) is 25.5 Å². The average molecular weight is 387 g/mol. The molecule has 0 spiro atoms. The molecule has 0 aliphatic rings. The van der Waals surface area contributed by atoms with E-state index in [0.29, 0.717) is 16.1 Å². The maximum Gasteiger partial charge on any atom is 0.336 e. The molecule has 0 aliphatic heterocycles. The number of rotatable bonds is 5. The molecule has 2 aromatic carbocycles. The zero-order valence-corrected chi connectivity index (χ0v) is 15.6. The Kier molecular flexibility index (Phi) is 5.82. The van der Waals surface area contributed by atoms with Gasteiger partial charge in [-0.1, -0.05) is 77.3 Å². The van der Waals surface area contributed by atoms with E-state index in [4.69, 9.17) is 45.3 Å². The SMILES string of the molecule is CC(C)(N)COC(=O)C(Cl)(c1ccccc1)c1cccc(Cl)c1Cl. The number of alkyl halides is 1. The number of hydrogen-bond donors (Lipinski definition) is 1. The van der Waals surface area contributed by atoms with Crippen LogP contribution in [-0.4, -0.2) is 18.1 Å². The number of nitrogens with two attached hydrogens (primary N) is 1. The maximum atomic E-state index is 12.9. The van der Waals surface area contributed by atoms with E-state index in [9.17, 15) is 4.79 Å². The summed E-state index contributed by atoms with van der Waals surface area (Å²) in [6, 6.07) is 13.8. The van der Waals surface area contributed by atoms with E-state index in [-0.39, 0.29) is 11.6 Å². The van der Waals surface area contributed by atoms with Crippen molar-refractivity contribution in [1.82, 2.24) is 0 Å². The fraction of sp³-hybridized carbons (Fsp3) is 0.278. The van der Waals surface area contributed by atoms with E-state index in [1.807, 2.05) is 6.07 Å². The second kappa shape index (κ2) is 7.32. The molecule has 0 fully saturated rings. The molecule has 2 rings (SSSR count). The lowest BCUT2D eigenvalue weighted by atomic mass is 9.90. The Balaban J connectivity index is 2.54. The highest BCUT2D eigenvalue weighted by atomic mass is 35.5. The summed E-state index contributed by atoms with van der Waals surface area (Å²) in [5.74, 6) is -0.655. The minimum Gasteiger partial charge on any atom is -0.462 e. The smallest absolute Gasteiger partial charge is 0.336 e. The first-order valence-corrected chi connectivity index (χ1v) is 8.44. The molecular formula is C18H18Cl3NO2. The van der Waals surface area contributed by atoms with Crippen LogP contribution in [-0.2, 0) is 14.4 Å². The van der Waals surface area contributed by atoms with Gasteiger partial charge in [-0.2, -0.15) is 0 Å². The van der Waals surface area contributed by atoms with Gasteiger partial charge in [-0.15, -0.1) is 0 Å². The molecule has 3 nitrogen and oxygen atoms in total. The van der Waals surface area contributed by atoms with Crippen molar-refractivity contribution < 1.29 is 9.53 Å². The third kappa shape index (κ3) is 4.04. The van der Waals surface area contributed by atoms with Crippen LogP contribution in [0.4, 0.5) is 0 Å². The normalized spacial score (nSPS) is 14.1. The van der Waals surface area contributed by atoms with Crippen LogP contribution in [0.1, 0.15) is 25.0 Å². The second-order valence-corrected chi connectivity index (χ2v) is 7.54. The van der Waals surface area contributed by atoms with Crippen molar-refractivity contribution in [3.05, 3.63) is 69.7 Å². The van der Waals surface area contributed by atoms with Gasteiger partial charge >= 0.3 is 5.97 Å². The van der Waals surface area contributed by atoms with Crippen LogP contribution in [0.5, 0.6) is 0 Å². The number of hydrogen-bond acceptors (Lipinski definition) is 3. The summed E-state index contributed by atoms with van der Waals surface area (Å²) in [5.41, 5.74) is 6.12. The summed E-state index contributed by atoms with van der Waals surface area (Å²) in [4.78, 5) is 11.2. The minimum atomic E-state index is -1.62. The number of carbonyl (C=O) groups excluding carboxylic acids is 1. The van der Waals surface area contributed by atoms with Crippen molar-refractivity contribution in [2.45, 2.75) is 24.3 Å². The van der Waals surface area contributed by atoms with Gasteiger partial charge in [0.05, 0.1) is 10.0 Å². The first kappa shape index (κ1) is 19.1. The van der Waals surface area contributed by atoms with Gasteiger partial charge in [0.25, 0.3) is 0 Å². The first-order valence-electron chi connectivity index (χ1n) is 7.31. The standard InChI is InChI=1S/C18H18Cl3NO2/c1-17(2,22)11-24-16(23)18(21,12-7-4-3-5-8-12)13-9-6-10-14(19)15(13)20/h3-10H,11,22H2,1-2H3. The summed E-state index contributed by atoms with van der Waals surface area (Å²) in [7, 11) is 0. The van der Waals surface area contributed by atoms with Crippen molar-refractivity contribution in [3.8, 4) is 0 Å². The number of halogens is 3. The van der Waals surface area contributed by atoms with Gasteiger partial charge in [0, 0.05) is 11.1 Å². The average Bonchev–Trinajstić information content (AvgIpc) is 2.54. The van der Waals surface area contributed by atoms with E-state index in [0.717, 1.165) is 0 Å². The predicted molar refractivity (Wildman–Crippen MR) is 98.8 cm³/mol. The highest BCUT2D eigenvalue weighted by molar-refractivity contribution is 6.44. The van der Waals surface area contributed by atoms with Crippen LogP contribution >= 0.6 is 34.8 Å². The third-order valence-corrected chi connectivity index (χ3v) is 4.75. The lowest BCUT2D eigenvalue weighted by molar-refractivity contribution is -0.147. The first-order chi connectivity index (χ1) is 11.2.